The SMILES string of the molecule is CC(CC(=O)O)NC(=O)Cc1csc(-c2ccc3c(c2)OCO3)n1. The van der Waals surface area contributed by atoms with Gasteiger partial charge in [-0.05, 0) is 25.1 Å². The third kappa shape index (κ3) is 3.83. The predicted molar refractivity (Wildman–Crippen MR) is 87.2 cm³/mol. The van der Waals surface area contributed by atoms with Gasteiger partial charge < -0.3 is 19.9 Å². The molecule has 0 saturated heterocycles. The minimum absolute atomic E-state index is 0.106. The van der Waals surface area contributed by atoms with Crippen molar-refractivity contribution in [1.82, 2.24) is 10.3 Å². The first kappa shape index (κ1) is 16.3. The minimum atomic E-state index is -0.943. The summed E-state index contributed by atoms with van der Waals surface area (Å²) in [6.07, 6.45) is 0.0102. The molecular formula is C16H16N2O5S. The Hall–Kier alpha value is -2.61. The van der Waals surface area contributed by atoms with Gasteiger partial charge in [-0.3, -0.25) is 9.59 Å². The van der Waals surface area contributed by atoms with Crippen LogP contribution < -0.4 is 14.8 Å². The van der Waals surface area contributed by atoms with Crippen molar-refractivity contribution >= 4 is 23.2 Å². The summed E-state index contributed by atoms with van der Waals surface area (Å²) in [6.45, 7) is 1.88. The number of thiazole rings is 1. The molecule has 0 fully saturated rings. The van der Waals surface area contributed by atoms with Gasteiger partial charge in [0, 0.05) is 17.0 Å². The van der Waals surface area contributed by atoms with Crippen LogP contribution in [0, 0.1) is 0 Å². The summed E-state index contributed by atoms with van der Waals surface area (Å²) in [5, 5.41) is 14.0. The Morgan fingerprint density at radius 3 is 2.96 bits per heavy atom. The van der Waals surface area contributed by atoms with Crippen LogP contribution in [0.5, 0.6) is 11.5 Å². The number of nitrogens with one attached hydrogen (secondary N) is 1. The van der Waals surface area contributed by atoms with E-state index in [0.29, 0.717) is 17.2 Å². The van der Waals surface area contributed by atoms with Crippen molar-refractivity contribution < 1.29 is 24.2 Å². The maximum atomic E-state index is 11.9. The highest BCUT2D eigenvalue weighted by molar-refractivity contribution is 7.13. The molecule has 0 radical (unpaired) electrons. The van der Waals surface area contributed by atoms with Gasteiger partial charge in [0.05, 0.1) is 18.5 Å². The van der Waals surface area contributed by atoms with Crippen molar-refractivity contribution in [2.75, 3.05) is 6.79 Å². The highest BCUT2D eigenvalue weighted by Crippen LogP contribution is 2.36. The third-order valence-corrected chi connectivity index (χ3v) is 4.34. The number of carbonyl (C=O) groups is 2. The normalized spacial score (nSPS) is 13.5. The van der Waals surface area contributed by atoms with Crippen molar-refractivity contribution in [3.63, 3.8) is 0 Å². The number of carboxylic acids is 1. The molecule has 1 aliphatic rings. The fraction of sp³-hybridized carbons (Fsp3) is 0.312. The molecule has 0 saturated carbocycles. The molecule has 2 heterocycles. The van der Waals surface area contributed by atoms with Gasteiger partial charge in [0.2, 0.25) is 12.7 Å². The smallest absolute Gasteiger partial charge is 0.305 e. The number of benzene rings is 1. The number of hydrogen-bond donors (Lipinski definition) is 2. The number of carbonyl (C=O) groups excluding carboxylic acids is 1. The van der Waals surface area contributed by atoms with Crippen LogP contribution in [0.15, 0.2) is 23.6 Å². The lowest BCUT2D eigenvalue weighted by Crippen LogP contribution is -2.35. The van der Waals surface area contributed by atoms with E-state index in [9.17, 15) is 9.59 Å². The Balaban J connectivity index is 1.63. The molecule has 2 aromatic rings. The van der Waals surface area contributed by atoms with Gasteiger partial charge in [-0.15, -0.1) is 11.3 Å². The summed E-state index contributed by atoms with van der Waals surface area (Å²) < 4.78 is 10.6. The van der Waals surface area contributed by atoms with E-state index in [1.165, 1.54) is 11.3 Å². The van der Waals surface area contributed by atoms with Gasteiger partial charge in [0.25, 0.3) is 0 Å². The quantitative estimate of drug-likeness (QED) is 0.829. The summed E-state index contributed by atoms with van der Waals surface area (Å²) in [7, 11) is 0. The molecule has 0 bridgehead atoms. The monoisotopic (exact) mass is 348 g/mol. The summed E-state index contributed by atoms with van der Waals surface area (Å²) >= 11 is 1.44. The van der Waals surface area contributed by atoms with E-state index in [-0.39, 0.29) is 25.5 Å². The molecule has 7 nitrogen and oxygen atoms in total. The van der Waals surface area contributed by atoms with Gasteiger partial charge in [0.15, 0.2) is 11.5 Å². The maximum absolute atomic E-state index is 11.9. The molecule has 1 atom stereocenters. The van der Waals surface area contributed by atoms with E-state index in [0.717, 1.165) is 10.6 Å². The largest absolute Gasteiger partial charge is 0.481 e. The van der Waals surface area contributed by atoms with Crippen LogP contribution in [0.1, 0.15) is 19.0 Å². The minimum Gasteiger partial charge on any atom is -0.481 e. The Morgan fingerprint density at radius 1 is 1.38 bits per heavy atom. The molecule has 8 heteroatoms. The highest BCUT2D eigenvalue weighted by Gasteiger charge is 2.16. The van der Waals surface area contributed by atoms with E-state index >= 15 is 0 Å². The number of carboxylic acid groups (broad SMARTS) is 1. The zero-order valence-corrected chi connectivity index (χ0v) is 13.8. The standard InChI is InChI=1S/C16H16N2O5S/c1-9(4-15(20)21)17-14(19)6-11-7-24-16(18-11)10-2-3-12-13(5-10)23-8-22-12/h2-3,5,7,9H,4,6,8H2,1H3,(H,17,19)(H,20,21). The Kier molecular flexibility index (Phi) is 4.66. The molecule has 1 amide bonds. The fourth-order valence-electron chi connectivity index (χ4n) is 2.35. The zero-order chi connectivity index (χ0) is 17.1. The number of aliphatic carboxylic acids is 1. The average Bonchev–Trinajstić information content (AvgIpc) is 3.13. The third-order valence-electron chi connectivity index (χ3n) is 3.40. The molecule has 24 heavy (non-hydrogen) atoms. The average molecular weight is 348 g/mol. The summed E-state index contributed by atoms with van der Waals surface area (Å²) in [6, 6.07) is 5.17. The Bertz CT molecular complexity index is 774. The van der Waals surface area contributed by atoms with Crippen molar-refractivity contribution in [3.05, 3.63) is 29.3 Å². The first-order chi connectivity index (χ1) is 11.5. The summed E-state index contributed by atoms with van der Waals surface area (Å²) in [5.74, 6) is 0.208. The topological polar surface area (TPSA) is 97.8 Å². The van der Waals surface area contributed by atoms with Crippen LogP contribution in [0.25, 0.3) is 10.6 Å². The lowest BCUT2D eigenvalue weighted by atomic mass is 10.2. The van der Waals surface area contributed by atoms with Gasteiger partial charge in [-0.25, -0.2) is 4.98 Å². The number of fused-ring (bicyclic) bond motifs is 1. The highest BCUT2D eigenvalue weighted by atomic mass is 32.1. The molecular weight excluding hydrogens is 332 g/mol. The summed E-state index contributed by atoms with van der Waals surface area (Å²) in [4.78, 5) is 27.0. The predicted octanol–water partition coefficient (Wildman–Crippen LogP) is 2.06. The van der Waals surface area contributed by atoms with Gasteiger partial charge in [0.1, 0.15) is 5.01 Å². The van der Waals surface area contributed by atoms with Crippen molar-refractivity contribution in [2.45, 2.75) is 25.8 Å². The zero-order valence-electron chi connectivity index (χ0n) is 12.9. The lowest BCUT2D eigenvalue weighted by Gasteiger charge is -2.10. The number of ether oxygens (including phenoxy) is 2. The molecule has 2 N–H and O–H groups in total. The lowest BCUT2D eigenvalue weighted by molar-refractivity contribution is -0.137. The second-order valence-electron chi connectivity index (χ2n) is 5.46. The number of nitrogens with zero attached hydrogens (tertiary/aromatic N) is 1. The molecule has 3 rings (SSSR count). The van der Waals surface area contributed by atoms with E-state index in [1.807, 2.05) is 23.6 Å². The van der Waals surface area contributed by atoms with E-state index in [4.69, 9.17) is 14.6 Å². The number of amides is 1. The molecule has 1 aliphatic heterocycles. The van der Waals surface area contributed by atoms with E-state index in [2.05, 4.69) is 10.3 Å². The Morgan fingerprint density at radius 2 is 2.17 bits per heavy atom. The number of aromatic nitrogens is 1. The fourth-order valence-corrected chi connectivity index (χ4v) is 3.17. The Labute approximate surface area is 142 Å². The van der Waals surface area contributed by atoms with Crippen LogP contribution in [0.3, 0.4) is 0 Å². The number of rotatable bonds is 6. The van der Waals surface area contributed by atoms with Gasteiger partial charge in [-0.1, -0.05) is 0 Å². The molecule has 126 valence electrons. The van der Waals surface area contributed by atoms with Gasteiger partial charge >= 0.3 is 5.97 Å². The molecule has 0 spiro atoms. The van der Waals surface area contributed by atoms with Crippen LogP contribution in [0.2, 0.25) is 0 Å². The van der Waals surface area contributed by atoms with Crippen LogP contribution >= 0.6 is 11.3 Å². The van der Waals surface area contributed by atoms with Crippen LogP contribution in [0.4, 0.5) is 0 Å². The molecule has 0 aliphatic carbocycles. The summed E-state index contributed by atoms with van der Waals surface area (Å²) in [5.41, 5.74) is 1.54. The van der Waals surface area contributed by atoms with Crippen LogP contribution in [-0.2, 0) is 16.0 Å². The first-order valence-electron chi connectivity index (χ1n) is 7.37. The first-order valence-corrected chi connectivity index (χ1v) is 8.25. The second kappa shape index (κ2) is 6.88. The maximum Gasteiger partial charge on any atom is 0.305 e. The molecule has 1 unspecified atom stereocenters. The molecule has 1 aromatic carbocycles. The van der Waals surface area contributed by atoms with E-state index in [1.54, 1.807) is 6.92 Å². The number of hydrogen-bond acceptors (Lipinski definition) is 6. The van der Waals surface area contributed by atoms with Crippen molar-refractivity contribution in [3.8, 4) is 22.1 Å². The van der Waals surface area contributed by atoms with Crippen molar-refractivity contribution in [2.24, 2.45) is 0 Å². The van der Waals surface area contributed by atoms with E-state index < -0.39 is 12.0 Å². The van der Waals surface area contributed by atoms with Gasteiger partial charge in [-0.2, -0.15) is 0 Å². The second-order valence-corrected chi connectivity index (χ2v) is 6.31. The van der Waals surface area contributed by atoms with Crippen LogP contribution in [-0.4, -0.2) is 34.8 Å². The van der Waals surface area contributed by atoms with Crippen molar-refractivity contribution in [1.29, 1.82) is 0 Å². The molecule has 1 aromatic heterocycles.